The van der Waals surface area contributed by atoms with Crippen molar-refractivity contribution in [3.8, 4) is 0 Å². The number of nitrogens with two attached hydrogens (primary N) is 1. The fraction of sp³-hybridized carbons (Fsp3) is 0.867. The van der Waals surface area contributed by atoms with E-state index in [4.69, 9.17) is 19.5 Å². The van der Waals surface area contributed by atoms with Gasteiger partial charge in [-0.2, -0.15) is 0 Å². The number of ether oxygens (including phenoxy) is 1. The molecule has 10 heteroatoms. The summed E-state index contributed by atoms with van der Waals surface area (Å²) in [6, 6.07) is -0.775. The summed E-state index contributed by atoms with van der Waals surface area (Å²) in [5.41, 5.74) is 5.96. The first kappa shape index (κ1) is 21.9. The summed E-state index contributed by atoms with van der Waals surface area (Å²) in [5.74, 6) is -0.219. The molecule has 0 aromatic heterocycles. The van der Waals surface area contributed by atoms with Gasteiger partial charge in [-0.1, -0.05) is 0 Å². The minimum atomic E-state index is -3.20. The van der Waals surface area contributed by atoms with Crippen molar-refractivity contribution in [2.45, 2.75) is 33.2 Å². The highest BCUT2D eigenvalue weighted by Gasteiger charge is 2.30. The van der Waals surface area contributed by atoms with Gasteiger partial charge in [0.1, 0.15) is 0 Å². The smallest absolute Gasteiger partial charge is 0.409 e. The van der Waals surface area contributed by atoms with Gasteiger partial charge >= 0.3 is 13.7 Å². The molecule has 25 heavy (non-hydrogen) atoms. The van der Waals surface area contributed by atoms with Crippen LogP contribution in [0.4, 0.5) is 4.79 Å². The third-order valence-electron chi connectivity index (χ3n) is 3.80. The molecular weight excluding hydrogens is 349 g/mol. The Morgan fingerprint density at radius 1 is 1.00 bits per heavy atom. The molecule has 0 bridgehead atoms. The van der Waals surface area contributed by atoms with Gasteiger partial charge in [-0.25, -0.2) is 4.79 Å². The van der Waals surface area contributed by atoms with Crippen LogP contribution in [0.5, 0.6) is 0 Å². The zero-order valence-electron chi connectivity index (χ0n) is 15.3. The van der Waals surface area contributed by atoms with E-state index in [-0.39, 0.29) is 37.8 Å². The molecule has 0 spiro atoms. The molecular formula is C15H30N3O6P. The summed E-state index contributed by atoms with van der Waals surface area (Å²) in [5, 5.41) is 0. The monoisotopic (exact) mass is 379 g/mol. The zero-order valence-corrected chi connectivity index (χ0v) is 16.2. The van der Waals surface area contributed by atoms with Crippen LogP contribution in [0.15, 0.2) is 0 Å². The highest BCUT2D eigenvalue weighted by Crippen LogP contribution is 2.48. The predicted molar refractivity (Wildman–Crippen MR) is 93.5 cm³/mol. The number of nitrogens with zero attached hydrogens (tertiary/aromatic N) is 2. The van der Waals surface area contributed by atoms with Crippen LogP contribution in [0.3, 0.4) is 0 Å². The second kappa shape index (κ2) is 10.8. The lowest BCUT2D eigenvalue weighted by atomic mass is 10.2. The maximum Gasteiger partial charge on any atom is 0.409 e. The summed E-state index contributed by atoms with van der Waals surface area (Å²) in [6.45, 7) is 7.72. The molecule has 1 heterocycles. The van der Waals surface area contributed by atoms with E-state index in [1.54, 1.807) is 30.6 Å². The number of hydrogen-bond donors (Lipinski definition) is 1. The Balaban J connectivity index is 2.46. The summed E-state index contributed by atoms with van der Waals surface area (Å²) >= 11 is 0. The van der Waals surface area contributed by atoms with E-state index in [1.165, 1.54) is 0 Å². The van der Waals surface area contributed by atoms with Crippen molar-refractivity contribution in [3.05, 3.63) is 0 Å². The SMILES string of the molecule is CCOC(=O)N1CCN(C(=O)C(N)CCP(=O)(OCC)OCC)CC1. The fourth-order valence-electron chi connectivity index (χ4n) is 2.54. The third-order valence-corrected chi connectivity index (χ3v) is 5.91. The number of hydrogen-bond acceptors (Lipinski definition) is 7. The van der Waals surface area contributed by atoms with Crippen molar-refractivity contribution in [2.24, 2.45) is 5.73 Å². The van der Waals surface area contributed by atoms with E-state index in [1.807, 2.05) is 0 Å². The van der Waals surface area contributed by atoms with Crippen LogP contribution < -0.4 is 5.73 Å². The standard InChI is InChI=1S/C15H30N3O6P/c1-4-22-15(20)18-10-8-17(9-11-18)14(19)13(16)7-12-25(21,23-5-2)24-6-3/h13H,4-12,16H2,1-3H3. The van der Waals surface area contributed by atoms with Crippen LogP contribution in [-0.2, 0) is 23.1 Å². The summed E-state index contributed by atoms with van der Waals surface area (Å²) in [6.07, 6.45) is -0.0493. The molecule has 0 aromatic carbocycles. The van der Waals surface area contributed by atoms with Crippen LogP contribution in [0.2, 0.25) is 0 Å². The topological polar surface area (TPSA) is 111 Å². The molecule has 1 aliphatic rings. The maximum absolute atomic E-state index is 12.4. The molecule has 0 radical (unpaired) electrons. The Morgan fingerprint density at radius 3 is 2.00 bits per heavy atom. The summed E-state index contributed by atoms with van der Waals surface area (Å²) in [4.78, 5) is 27.3. The van der Waals surface area contributed by atoms with Crippen molar-refractivity contribution >= 4 is 19.6 Å². The number of carbonyl (C=O) groups is 2. The first-order valence-corrected chi connectivity index (χ1v) is 10.4. The Morgan fingerprint density at radius 2 is 1.52 bits per heavy atom. The van der Waals surface area contributed by atoms with Crippen molar-refractivity contribution < 1.29 is 27.9 Å². The molecule has 0 aliphatic carbocycles. The summed E-state index contributed by atoms with van der Waals surface area (Å²) in [7, 11) is -3.20. The number of amides is 2. The minimum Gasteiger partial charge on any atom is -0.450 e. The van der Waals surface area contributed by atoms with Gasteiger partial charge in [0.15, 0.2) is 0 Å². The van der Waals surface area contributed by atoms with E-state index < -0.39 is 13.6 Å². The molecule has 2 amide bonds. The highest BCUT2D eigenvalue weighted by molar-refractivity contribution is 7.53. The molecule has 1 fully saturated rings. The number of rotatable bonds is 9. The van der Waals surface area contributed by atoms with E-state index in [9.17, 15) is 14.2 Å². The Kier molecular flexibility index (Phi) is 9.42. The van der Waals surface area contributed by atoms with Crippen LogP contribution >= 0.6 is 7.60 Å². The van der Waals surface area contributed by atoms with E-state index >= 15 is 0 Å². The van der Waals surface area contributed by atoms with E-state index in [2.05, 4.69) is 0 Å². The second-order valence-corrected chi connectivity index (χ2v) is 7.76. The molecule has 1 saturated heterocycles. The van der Waals surface area contributed by atoms with Gasteiger partial charge < -0.3 is 29.3 Å². The molecule has 1 unspecified atom stereocenters. The quantitative estimate of drug-likeness (QED) is 0.601. The second-order valence-electron chi connectivity index (χ2n) is 5.58. The van der Waals surface area contributed by atoms with Gasteiger partial charge in [-0.15, -0.1) is 0 Å². The predicted octanol–water partition coefficient (Wildman–Crippen LogP) is 1.27. The first-order chi connectivity index (χ1) is 11.9. The van der Waals surface area contributed by atoms with Gasteiger partial charge in [0, 0.05) is 26.2 Å². The first-order valence-electron chi connectivity index (χ1n) is 8.71. The molecule has 1 atom stereocenters. The van der Waals surface area contributed by atoms with Crippen LogP contribution in [0.1, 0.15) is 27.2 Å². The third kappa shape index (κ3) is 6.93. The lowest BCUT2D eigenvalue weighted by molar-refractivity contribution is -0.134. The van der Waals surface area contributed by atoms with Gasteiger partial charge in [0.25, 0.3) is 0 Å². The normalized spacial score (nSPS) is 16.6. The maximum atomic E-state index is 12.4. The average molecular weight is 379 g/mol. The Hall–Kier alpha value is -1.15. The largest absolute Gasteiger partial charge is 0.450 e. The highest BCUT2D eigenvalue weighted by atomic mass is 31.2. The molecule has 0 aromatic rings. The molecule has 2 N–H and O–H groups in total. The van der Waals surface area contributed by atoms with Gasteiger partial charge in [0.05, 0.1) is 32.0 Å². The number of carbonyl (C=O) groups excluding carboxylic acids is 2. The Bertz CT molecular complexity index is 472. The fourth-order valence-corrected chi connectivity index (χ4v) is 4.25. The average Bonchev–Trinajstić information content (AvgIpc) is 2.60. The van der Waals surface area contributed by atoms with Gasteiger partial charge in [-0.05, 0) is 27.2 Å². The lowest BCUT2D eigenvalue weighted by Gasteiger charge is -2.35. The Labute approximate surface area is 149 Å². The molecule has 0 saturated carbocycles. The molecule has 9 nitrogen and oxygen atoms in total. The van der Waals surface area contributed by atoms with Crippen molar-refractivity contribution in [1.29, 1.82) is 0 Å². The van der Waals surface area contributed by atoms with Gasteiger partial charge in [-0.3, -0.25) is 9.36 Å². The van der Waals surface area contributed by atoms with Crippen LogP contribution in [0.25, 0.3) is 0 Å². The van der Waals surface area contributed by atoms with Crippen molar-refractivity contribution in [3.63, 3.8) is 0 Å². The molecule has 1 rings (SSSR count). The summed E-state index contributed by atoms with van der Waals surface area (Å²) < 4.78 is 27.8. The van der Waals surface area contributed by atoms with Gasteiger partial charge in [0.2, 0.25) is 5.91 Å². The molecule has 1 aliphatic heterocycles. The zero-order chi connectivity index (χ0) is 18.9. The van der Waals surface area contributed by atoms with Crippen LogP contribution in [-0.4, -0.2) is 80.0 Å². The minimum absolute atomic E-state index is 0.102. The van der Waals surface area contributed by atoms with Crippen molar-refractivity contribution in [1.82, 2.24) is 9.80 Å². The number of piperazine rings is 1. The lowest BCUT2D eigenvalue weighted by Crippen LogP contribution is -2.54. The van der Waals surface area contributed by atoms with E-state index in [0.717, 1.165) is 0 Å². The van der Waals surface area contributed by atoms with Crippen molar-refractivity contribution in [2.75, 3.05) is 52.2 Å². The molecule has 146 valence electrons. The van der Waals surface area contributed by atoms with Crippen LogP contribution in [0, 0.1) is 0 Å². The van der Waals surface area contributed by atoms with E-state index in [0.29, 0.717) is 32.8 Å².